The first kappa shape index (κ1) is 15.9. The molecule has 0 spiro atoms. The summed E-state index contributed by atoms with van der Waals surface area (Å²) in [6.07, 6.45) is 1.72. The second-order valence-electron chi connectivity index (χ2n) is 5.42. The largest absolute Gasteiger partial charge is 0.465 e. The Balaban J connectivity index is 2.12. The molecule has 1 aromatic carbocycles. The summed E-state index contributed by atoms with van der Waals surface area (Å²) in [6.45, 7) is 2.08. The molecule has 2 heterocycles. The number of nitrogens with two attached hydrogens (primary N) is 1. The number of benzene rings is 1. The fraction of sp³-hybridized carbons (Fsp3) is 0.222. The standard InChI is InChI=1S/C18H18N4O2/c1-3-5-14-16-15(22-18(19)21-14)9-8-13(20-16)11-6-4-7-12(10-11)17(23)24-2/h4,6-10H,3,5H2,1-2H3,(H2,19,21,22). The summed E-state index contributed by atoms with van der Waals surface area (Å²) >= 11 is 0. The molecule has 122 valence electrons. The van der Waals surface area contributed by atoms with Crippen LogP contribution in [0.25, 0.3) is 22.3 Å². The minimum absolute atomic E-state index is 0.258. The maximum Gasteiger partial charge on any atom is 0.337 e. The van der Waals surface area contributed by atoms with Gasteiger partial charge in [0.1, 0.15) is 5.52 Å². The van der Waals surface area contributed by atoms with Crippen LogP contribution < -0.4 is 5.73 Å². The van der Waals surface area contributed by atoms with E-state index in [9.17, 15) is 4.79 Å². The maximum atomic E-state index is 11.7. The molecule has 3 rings (SSSR count). The molecule has 0 aliphatic heterocycles. The van der Waals surface area contributed by atoms with Crippen molar-refractivity contribution >= 4 is 23.0 Å². The molecule has 0 unspecified atom stereocenters. The molecule has 6 heteroatoms. The van der Waals surface area contributed by atoms with Gasteiger partial charge in [-0.3, -0.25) is 0 Å². The summed E-state index contributed by atoms with van der Waals surface area (Å²) in [5, 5.41) is 0. The Kier molecular flexibility index (Phi) is 4.37. The third-order valence-electron chi connectivity index (χ3n) is 3.70. The van der Waals surface area contributed by atoms with Gasteiger partial charge >= 0.3 is 5.97 Å². The predicted molar refractivity (Wildman–Crippen MR) is 92.5 cm³/mol. The van der Waals surface area contributed by atoms with Crippen molar-refractivity contribution in [3.63, 3.8) is 0 Å². The van der Waals surface area contributed by atoms with Gasteiger partial charge in [0, 0.05) is 5.56 Å². The van der Waals surface area contributed by atoms with Gasteiger partial charge in [0.2, 0.25) is 5.95 Å². The summed E-state index contributed by atoms with van der Waals surface area (Å²) in [4.78, 5) is 25.0. The first-order chi connectivity index (χ1) is 11.6. The van der Waals surface area contributed by atoms with Crippen LogP contribution in [0.4, 0.5) is 5.95 Å². The van der Waals surface area contributed by atoms with Crippen LogP contribution in [0.1, 0.15) is 29.4 Å². The lowest BCUT2D eigenvalue weighted by atomic mass is 10.1. The zero-order valence-corrected chi connectivity index (χ0v) is 13.6. The van der Waals surface area contributed by atoms with Gasteiger partial charge in [-0.1, -0.05) is 25.5 Å². The van der Waals surface area contributed by atoms with E-state index < -0.39 is 0 Å². The van der Waals surface area contributed by atoms with Crippen LogP contribution in [0.15, 0.2) is 36.4 Å². The molecule has 0 fully saturated rings. The van der Waals surface area contributed by atoms with Crippen molar-refractivity contribution in [2.24, 2.45) is 0 Å². The number of carbonyl (C=O) groups is 1. The number of esters is 1. The van der Waals surface area contributed by atoms with Crippen molar-refractivity contribution in [3.05, 3.63) is 47.7 Å². The molecule has 24 heavy (non-hydrogen) atoms. The molecule has 0 aliphatic rings. The number of rotatable bonds is 4. The van der Waals surface area contributed by atoms with Gasteiger partial charge in [0.25, 0.3) is 0 Å². The van der Waals surface area contributed by atoms with E-state index in [4.69, 9.17) is 15.5 Å². The normalized spacial score (nSPS) is 10.8. The molecule has 3 aromatic rings. The number of aromatic nitrogens is 3. The van der Waals surface area contributed by atoms with Gasteiger partial charge in [-0.15, -0.1) is 0 Å². The lowest BCUT2D eigenvalue weighted by molar-refractivity contribution is 0.0601. The number of fused-ring (bicyclic) bond motifs is 1. The second-order valence-corrected chi connectivity index (χ2v) is 5.42. The highest BCUT2D eigenvalue weighted by Gasteiger charge is 2.11. The van der Waals surface area contributed by atoms with E-state index in [1.54, 1.807) is 18.2 Å². The van der Waals surface area contributed by atoms with Gasteiger partial charge in [0.15, 0.2) is 0 Å². The van der Waals surface area contributed by atoms with Gasteiger partial charge < -0.3 is 10.5 Å². The number of carbonyl (C=O) groups excluding carboxylic acids is 1. The number of methoxy groups -OCH3 is 1. The van der Waals surface area contributed by atoms with Crippen LogP contribution in [0.2, 0.25) is 0 Å². The number of nitrogens with zero attached hydrogens (tertiary/aromatic N) is 3. The molecule has 0 saturated carbocycles. The van der Waals surface area contributed by atoms with Crippen LogP contribution in [-0.4, -0.2) is 28.0 Å². The van der Waals surface area contributed by atoms with Crippen molar-refractivity contribution < 1.29 is 9.53 Å². The smallest absolute Gasteiger partial charge is 0.337 e. The van der Waals surface area contributed by atoms with E-state index in [2.05, 4.69) is 16.9 Å². The molecule has 6 nitrogen and oxygen atoms in total. The Morgan fingerprint density at radius 2 is 2.00 bits per heavy atom. The number of hydrogen-bond donors (Lipinski definition) is 1. The lowest BCUT2D eigenvalue weighted by Gasteiger charge is -2.08. The van der Waals surface area contributed by atoms with Crippen molar-refractivity contribution in [1.29, 1.82) is 0 Å². The molecule has 0 atom stereocenters. The number of hydrogen-bond acceptors (Lipinski definition) is 6. The number of nitrogen functional groups attached to an aromatic ring is 1. The Labute approximate surface area is 139 Å². The fourth-order valence-electron chi connectivity index (χ4n) is 2.59. The number of pyridine rings is 1. The number of aryl methyl sites for hydroxylation is 1. The van der Waals surface area contributed by atoms with Crippen LogP contribution in [-0.2, 0) is 11.2 Å². The van der Waals surface area contributed by atoms with Crippen molar-refractivity contribution in [2.45, 2.75) is 19.8 Å². The first-order valence-electron chi connectivity index (χ1n) is 7.74. The van der Waals surface area contributed by atoms with E-state index in [0.717, 1.165) is 40.8 Å². The summed E-state index contributed by atoms with van der Waals surface area (Å²) in [5.74, 6) is -0.117. The van der Waals surface area contributed by atoms with Crippen LogP contribution in [0.3, 0.4) is 0 Å². The highest BCUT2D eigenvalue weighted by Crippen LogP contribution is 2.23. The van der Waals surface area contributed by atoms with Gasteiger partial charge in [-0.05, 0) is 30.7 Å². The Bertz CT molecular complexity index is 909. The van der Waals surface area contributed by atoms with E-state index in [1.807, 2.05) is 18.2 Å². The minimum atomic E-state index is -0.375. The molecule has 0 aliphatic carbocycles. The van der Waals surface area contributed by atoms with Gasteiger partial charge in [0.05, 0.1) is 29.6 Å². The summed E-state index contributed by atoms with van der Waals surface area (Å²) in [5.41, 5.74) is 10.1. The SMILES string of the molecule is CCCc1nc(N)nc2ccc(-c3cccc(C(=O)OC)c3)nc12. The minimum Gasteiger partial charge on any atom is -0.465 e. The quantitative estimate of drug-likeness (QED) is 0.742. The van der Waals surface area contributed by atoms with Gasteiger partial charge in [-0.2, -0.15) is 0 Å². The van der Waals surface area contributed by atoms with Crippen molar-refractivity contribution in [3.8, 4) is 11.3 Å². The Hall–Kier alpha value is -3.02. The molecule has 0 saturated heterocycles. The van der Waals surface area contributed by atoms with E-state index in [-0.39, 0.29) is 11.9 Å². The molecule has 0 amide bonds. The highest BCUT2D eigenvalue weighted by molar-refractivity contribution is 5.91. The van der Waals surface area contributed by atoms with Crippen LogP contribution in [0.5, 0.6) is 0 Å². The average molecular weight is 322 g/mol. The molecule has 0 radical (unpaired) electrons. The van der Waals surface area contributed by atoms with E-state index in [0.29, 0.717) is 5.56 Å². The van der Waals surface area contributed by atoms with E-state index in [1.165, 1.54) is 7.11 Å². The monoisotopic (exact) mass is 322 g/mol. The third-order valence-corrected chi connectivity index (χ3v) is 3.70. The highest BCUT2D eigenvalue weighted by atomic mass is 16.5. The molecule has 2 aromatic heterocycles. The van der Waals surface area contributed by atoms with Crippen molar-refractivity contribution in [1.82, 2.24) is 15.0 Å². The summed E-state index contributed by atoms with van der Waals surface area (Å²) in [7, 11) is 1.36. The fourth-order valence-corrected chi connectivity index (χ4v) is 2.59. The second kappa shape index (κ2) is 6.62. The lowest BCUT2D eigenvalue weighted by Crippen LogP contribution is -2.03. The van der Waals surface area contributed by atoms with E-state index >= 15 is 0 Å². The summed E-state index contributed by atoms with van der Waals surface area (Å²) < 4.78 is 4.77. The number of ether oxygens (including phenoxy) is 1. The Morgan fingerprint density at radius 3 is 2.75 bits per heavy atom. The Morgan fingerprint density at radius 1 is 1.17 bits per heavy atom. The first-order valence-corrected chi connectivity index (χ1v) is 7.74. The summed E-state index contributed by atoms with van der Waals surface area (Å²) in [6, 6.07) is 10.9. The topological polar surface area (TPSA) is 91.0 Å². The zero-order valence-electron chi connectivity index (χ0n) is 13.6. The predicted octanol–water partition coefficient (Wildman–Crippen LogP) is 3.01. The number of anilines is 1. The molecular formula is C18H18N4O2. The maximum absolute atomic E-state index is 11.7. The van der Waals surface area contributed by atoms with Crippen molar-refractivity contribution in [2.75, 3.05) is 12.8 Å². The van der Waals surface area contributed by atoms with Crippen LogP contribution in [0, 0.1) is 0 Å². The average Bonchev–Trinajstić information content (AvgIpc) is 2.61. The van der Waals surface area contributed by atoms with Gasteiger partial charge in [-0.25, -0.2) is 19.7 Å². The van der Waals surface area contributed by atoms with Crippen LogP contribution >= 0.6 is 0 Å². The molecule has 0 bridgehead atoms. The molecular weight excluding hydrogens is 304 g/mol. The third kappa shape index (κ3) is 3.03. The zero-order chi connectivity index (χ0) is 17.1. The molecule has 2 N–H and O–H groups in total.